The number of carbonyl (C=O) groups excluding carboxylic acids is 2. The molecule has 31 heavy (non-hydrogen) atoms. The van der Waals surface area contributed by atoms with Crippen molar-refractivity contribution in [1.29, 1.82) is 0 Å². The Morgan fingerprint density at radius 2 is 1.65 bits per heavy atom. The molecule has 0 radical (unpaired) electrons. The van der Waals surface area contributed by atoms with Crippen LogP contribution >= 0.6 is 0 Å². The molecular formula is C22H28N2O6S. The maximum absolute atomic E-state index is 12.1. The molecule has 9 heteroatoms. The van der Waals surface area contributed by atoms with Crippen molar-refractivity contribution in [3.05, 3.63) is 54.1 Å². The van der Waals surface area contributed by atoms with E-state index in [0.29, 0.717) is 23.6 Å². The molecule has 1 amide bonds. The van der Waals surface area contributed by atoms with Crippen molar-refractivity contribution in [2.24, 2.45) is 0 Å². The lowest BCUT2D eigenvalue weighted by molar-refractivity contribution is -0.118. The number of ether oxygens (including phenoxy) is 2. The van der Waals surface area contributed by atoms with Crippen LogP contribution in [0.2, 0.25) is 0 Å². The van der Waals surface area contributed by atoms with Crippen LogP contribution in [0.25, 0.3) is 0 Å². The first-order chi connectivity index (χ1) is 14.7. The Hall–Kier alpha value is -2.91. The summed E-state index contributed by atoms with van der Waals surface area (Å²) >= 11 is 0. The van der Waals surface area contributed by atoms with E-state index in [1.54, 1.807) is 38.1 Å². The first-order valence-electron chi connectivity index (χ1n) is 10.0. The summed E-state index contributed by atoms with van der Waals surface area (Å²) in [5.74, 6) is -0.427. The molecule has 0 unspecified atom stereocenters. The predicted octanol–water partition coefficient (Wildman–Crippen LogP) is 3.35. The van der Waals surface area contributed by atoms with E-state index in [-0.39, 0.29) is 17.5 Å². The maximum Gasteiger partial charge on any atom is 0.338 e. The number of nitrogens with one attached hydrogen (secondary N) is 2. The highest BCUT2D eigenvalue weighted by Gasteiger charge is 2.15. The number of amides is 1. The third-order valence-corrected chi connectivity index (χ3v) is 5.70. The van der Waals surface area contributed by atoms with Crippen LogP contribution in [0.4, 0.5) is 5.69 Å². The van der Waals surface area contributed by atoms with Crippen LogP contribution in [0.15, 0.2) is 53.4 Å². The van der Waals surface area contributed by atoms with Crippen LogP contribution in [0.1, 0.15) is 44.0 Å². The molecule has 8 nitrogen and oxygen atoms in total. The Balaban J connectivity index is 1.84. The number of esters is 1. The van der Waals surface area contributed by atoms with Gasteiger partial charge in [0.1, 0.15) is 5.75 Å². The van der Waals surface area contributed by atoms with Crippen molar-refractivity contribution in [1.82, 2.24) is 4.72 Å². The summed E-state index contributed by atoms with van der Waals surface area (Å²) in [7, 11) is -3.58. The summed E-state index contributed by atoms with van der Waals surface area (Å²) in [6.45, 7) is 5.62. The molecule has 2 rings (SSSR count). The van der Waals surface area contributed by atoms with Crippen LogP contribution in [-0.2, 0) is 19.6 Å². The lowest BCUT2D eigenvalue weighted by atomic mass is 10.2. The normalized spacial score (nSPS) is 11.2. The quantitative estimate of drug-likeness (QED) is 0.403. The summed E-state index contributed by atoms with van der Waals surface area (Å²) in [4.78, 5) is 24.1. The number of unbranched alkanes of at least 4 members (excludes halogenated alkanes) is 1. The van der Waals surface area contributed by atoms with E-state index in [9.17, 15) is 18.0 Å². The number of carbonyl (C=O) groups is 2. The number of sulfonamides is 1. The zero-order valence-corrected chi connectivity index (χ0v) is 18.7. The molecule has 2 N–H and O–H groups in total. The van der Waals surface area contributed by atoms with Crippen molar-refractivity contribution in [3.8, 4) is 5.75 Å². The Labute approximate surface area is 183 Å². The lowest BCUT2D eigenvalue weighted by Gasteiger charge is -2.11. The van der Waals surface area contributed by atoms with Gasteiger partial charge in [-0.2, -0.15) is 0 Å². The molecular weight excluding hydrogens is 420 g/mol. The average molecular weight is 449 g/mol. The summed E-state index contributed by atoms with van der Waals surface area (Å²) in [5, 5.41) is 2.67. The van der Waals surface area contributed by atoms with Crippen LogP contribution in [0, 0.1) is 0 Å². The van der Waals surface area contributed by atoms with Crippen LogP contribution in [0.3, 0.4) is 0 Å². The second-order valence-corrected chi connectivity index (χ2v) is 8.87. The standard InChI is InChI=1S/C22H28N2O6S/c1-4-5-14-29-22(26)17-6-8-18(9-7-17)23-21(25)15-30-19-10-12-20(13-11-19)31(27,28)24-16(2)3/h6-13,16,24H,4-5,14-15H2,1-3H3,(H,23,25). The number of anilines is 1. The summed E-state index contributed by atoms with van der Waals surface area (Å²) in [5.41, 5.74) is 0.923. The molecule has 0 heterocycles. The van der Waals surface area contributed by atoms with Gasteiger partial charge in [-0.3, -0.25) is 4.79 Å². The second kappa shape index (κ2) is 11.5. The minimum absolute atomic E-state index is 0.117. The molecule has 0 saturated heterocycles. The molecule has 0 spiro atoms. The highest BCUT2D eigenvalue weighted by Crippen LogP contribution is 2.16. The Morgan fingerprint density at radius 1 is 1.00 bits per heavy atom. The Kier molecular flexibility index (Phi) is 9.02. The predicted molar refractivity (Wildman–Crippen MR) is 118 cm³/mol. The molecule has 168 valence electrons. The Morgan fingerprint density at radius 3 is 2.23 bits per heavy atom. The number of hydrogen-bond acceptors (Lipinski definition) is 6. The highest BCUT2D eigenvalue weighted by molar-refractivity contribution is 7.89. The van der Waals surface area contributed by atoms with Crippen LogP contribution in [0.5, 0.6) is 5.75 Å². The molecule has 2 aromatic carbocycles. The maximum atomic E-state index is 12.1. The topological polar surface area (TPSA) is 111 Å². The first-order valence-corrected chi connectivity index (χ1v) is 11.5. The molecule has 0 aliphatic rings. The van der Waals surface area contributed by atoms with Gasteiger partial charge in [0.15, 0.2) is 6.61 Å². The SMILES string of the molecule is CCCCOC(=O)c1ccc(NC(=O)COc2ccc(S(=O)(=O)NC(C)C)cc2)cc1. The van der Waals surface area contributed by atoms with Crippen molar-refractivity contribution < 1.29 is 27.5 Å². The Bertz CT molecular complexity index is 970. The van der Waals surface area contributed by atoms with Gasteiger partial charge in [0.2, 0.25) is 10.0 Å². The van der Waals surface area contributed by atoms with Gasteiger partial charge in [0.25, 0.3) is 5.91 Å². The van der Waals surface area contributed by atoms with Crippen LogP contribution < -0.4 is 14.8 Å². The van der Waals surface area contributed by atoms with E-state index < -0.39 is 21.9 Å². The fraction of sp³-hybridized carbons (Fsp3) is 0.364. The van der Waals surface area contributed by atoms with E-state index in [4.69, 9.17) is 9.47 Å². The third kappa shape index (κ3) is 8.03. The zero-order chi connectivity index (χ0) is 22.9. The number of rotatable bonds is 11. The summed E-state index contributed by atoms with van der Waals surface area (Å²) in [6, 6.07) is 12.0. The fourth-order valence-corrected chi connectivity index (χ4v) is 3.77. The summed E-state index contributed by atoms with van der Waals surface area (Å²) in [6.07, 6.45) is 1.76. The monoisotopic (exact) mass is 448 g/mol. The molecule has 0 aromatic heterocycles. The van der Waals surface area contributed by atoms with E-state index in [0.717, 1.165) is 12.8 Å². The van der Waals surface area contributed by atoms with Crippen LogP contribution in [-0.4, -0.2) is 39.5 Å². The lowest BCUT2D eigenvalue weighted by Crippen LogP contribution is -2.30. The van der Waals surface area contributed by atoms with Gasteiger partial charge in [-0.05, 0) is 68.8 Å². The first kappa shape index (κ1) is 24.4. The minimum atomic E-state index is -3.58. The van der Waals surface area contributed by atoms with E-state index in [1.807, 2.05) is 6.92 Å². The number of hydrogen-bond donors (Lipinski definition) is 2. The molecule has 0 fully saturated rings. The van der Waals surface area contributed by atoms with Crippen molar-refractivity contribution >= 4 is 27.6 Å². The largest absolute Gasteiger partial charge is 0.484 e. The highest BCUT2D eigenvalue weighted by atomic mass is 32.2. The van der Waals surface area contributed by atoms with Gasteiger partial charge in [-0.15, -0.1) is 0 Å². The fourth-order valence-electron chi connectivity index (χ4n) is 2.52. The summed E-state index contributed by atoms with van der Waals surface area (Å²) < 4.78 is 37.3. The van der Waals surface area contributed by atoms with E-state index >= 15 is 0 Å². The van der Waals surface area contributed by atoms with Gasteiger partial charge in [0, 0.05) is 11.7 Å². The molecule has 0 aliphatic heterocycles. The second-order valence-electron chi connectivity index (χ2n) is 7.15. The molecule has 0 bridgehead atoms. The van der Waals surface area contributed by atoms with E-state index in [2.05, 4.69) is 10.0 Å². The van der Waals surface area contributed by atoms with Gasteiger partial charge in [-0.25, -0.2) is 17.9 Å². The van der Waals surface area contributed by atoms with Gasteiger partial charge < -0.3 is 14.8 Å². The van der Waals surface area contributed by atoms with E-state index in [1.165, 1.54) is 24.3 Å². The minimum Gasteiger partial charge on any atom is -0.484 e. The smallest absolute Gasteiger partial charge is 0.338 e. The molecule has 0 saturated carbocycles. The van der Waals surface area contributed by atoms with Crippen molar-refractivity contribution in [3.63, 3.8) is 0 Å². The average Bonchev–Trinajstić information content (AvgIpc) is 2.72. The van der Waals surface area contributed by atoms with Crippen molar-refractivity contribution in [2.75, 3.05) is 18.5 Å². The van der Waals surface area contributed by atoms with Gasteiger partial charge in [-0.1, -0.05) is 13.3 Å². The molecule has 0 aliphatic carbocycles. The zero-order valence-electron chi connectivity index (χ0n) is 17.9. The van der Waals surface area contributed by atoms with Gasteiger partial charge >= 0.3 is 5.97 Å². The molecule has 0 atom stereocenters. The molecule has 2 aromatic rings. The number of benzene rings is 2. The van der Waals surface area contributed by atoms with Crippen molar-refractivity contribution in [2.45, 2.75) is 44.6 Å². The third-order valence-electron chi connectivity index (χ3n) is 4.03. The van der Waals surface area contributed by atoms with Gasteiger partial charge in [0.05, 0.1) is 17.1 Å².